The molecule has 3 saturated carbocycles. The average Bonchev–Trinajstić information content (AvgIpc) is 2.84. The zero-order valence-electron chi connectivity index (χ0n) is 15.4. The number of rotatable bonds is 1. The van der Waals surface area contributed by atoms with E-state index in [2.05, 4.69) is 19.9 Å². The molecule has 4 aliphatic carbocycles. The van der Waals surface area contributed by atoms with E-state index in [-0.39, 0.29) is 23.6 Å². The predicted molar refractivity (Wildman–Crippen MR) is 93.3 cm³/mol. The van der Waals surface area contributed by atoms with E-state index < -0.39 is 0 Å². The second kappa shape index (κ2) is 5.59. The molecule has 3 nitrogen and oxygen atoms in total. The van der Waals surface area contributed by atoms with Gasteiger partial charge in [0.2, 0.25) is 0 Å². The van der Waals surface area contributed by atoms with Crippen molar-refractivity contribution in [2.45, 2.75) is 84.3 Å². The molecule has 3 fully saturated rings. The van der Waals surface area contributed by atoms with Crippen molar-refractivity contribution in [2.75, 3.05) is 0 Å². The molecular weight excluding hydrogens is 300 g/mol. The third kappa shape index (κ3) is 2.30. The van der Waals surface area contributed by atoms with Crippen LogP contribution in [0.4, 0.5) is 0 Å². The molecule has 0 heterocycles. The number of hydrogen-bond acceptors (Lipinski definition) is 3. The van der Waals surface area contributed by atoms with Gasteiger partial charge >= 0.3 is 5.97 Å². The third-order valence-electron chi connectivity index (χ3n) is 8.31. The molecule has 0 aromatic heterocycles. The first-order valence-electron chi connectivity index (χ1n) is 9.91. The number of esters is 1. The Labute approximate surface area is 145 Å². The lowest BCUT2D eigenvalue weighted by Crippen LogP contribution is -2.51. The van der Waals surface area contributed by atoms with E-state index >= 15 is 0 Å². The second-order valence-corrected chi connectivity index (χ2v) is 9.35. The lowest BCUT2D eigenvalue weighted by Gasteiger charge is -2.58. The number of carbonyl (C=O) groups excluding carboxylic acids is 1. The fraction of sp³-hybridized carbons (Fsp3) is 0.857. The van der Waals surface area contributed by atoms with E-state index in [4.69, 9.17) is 4.74 Å². The van der Waals surface area contributed by atoms with Crippen LogP contribution in [0.2, 0.25) is 0 Å². The van der Waals surface area contributed by atoms with Gasteiger partial charge in [0.15, 0.2) is 0 Å². The molecule has 4 rings (SSSR count). The molecule has 0 saturated heterocycles. The number of carbonyl (C=O) groups is 1. The first-order chi connectivity index (χ1) is 11.3. The topological polar surface area (TPSA) is 46.5 Å². The number of allylic oxidation sites excluding steroid dienone is 1. The second-order valence-electron chi connectivity index (χ2n) is 9.35. The van der Waals surface area contributed by atoms with Gasteiger partial charge in [-0.2, -0.15) is 0 Å². The Kier molecular flexibility index (Phi) is 3.87. The monoisotopic (exact) mass is 332 g/mol. The van der Waals surface area contributed by atoms with Crippen LogP contribution in [0.5, 0.6) is 0 Å². The maximum atomic E-state index is 11.5. The summed E-state index contributed by atoms with van der Waals surface area (Å²) in [5.74, 6) is 2.10. The minimum atomic E-state index is -0.224. The number of hydrogen-bond donors (Lipinski definition) is 1. The largest absolute Gasteiger partial charge is 0.462 e. The number of fused-ring (bicyclic) bond motifs is 5. The van der Waals surface area contributed by atoms with Crippen LogP contribution in [0.1, 0.15) is 72.1 Å². The summed E-state index contributed by atoms with van der Waals surface area (Å²) in [6.07, 6.45) is 11.2. The zero-order valence-corrected chi connectivity index (χ0v) is 15.4. The van der Waals surface area contributed by atoms with Crippen molar-refractivity contribution < 1.29 is 14.6 Å². The van der Waals surface area contributed by atoms with Crippen LogP contribution in [0.25, 0.3) is 0 Å². The van der Waals surface area contributed by atoms with Crippen molar-refractivity contribution in [3.63, 3.8) is 0 Å². The van der Waals surface area contributed by atoms with Gasteiger partial charge in [-0.25, -0.2) is 0 Å². The van der Waals surface area contributed by atoms with Crippen molar-refractivity contribution >= 4 is 5.97 Å². The predicted octanol–water partition coefficient (Wildman–Crippen LogP) is 4.24. The van der Waals surface area contributed by atoms with E-state index in [1.54, 1.807) is 6.92 Å². The molecule has 0 bridgehead atoms. The van der Waals surface area contributed by atoms with Gasteiger partial charge in [-0.3, -0.25) is 4.79 Å². The molecule has 0 radical (unpaired) electrons. The lowest BCUT2D eigenvalue weighted by atomic mass is 9.47. The van der Waals surface area contributed by atoms with Crippen LogP contribution >= 0.6 is 0 Å². The summed E-state index contributed by atoms with van der Waals surface area (Å²) in [6, 6.07) is 0. The molecule has 1 N–H and O–H groups in total. The van der Waals surface area contributed by atoms with Crippen LogP contribution in [0, 0.1) is 28.6 Å². The van der Waals surface area contributed by atoms with E-state index in [0.29, 0.717) is 11.3 Å². The van der Waals surface area contributed by atoms with E-state index in [1.807, 2.05) is 0 Å². The Balaban J connectivity index is 1.61. The minimum absolute atomic E-state index is 0.119. The Morgan fingerprint density at radius 2 is 1.92 bits per heavy atom. The highest BCUT2D eigenvalue weighted by molar-refractivity contribution is 5.66. The summed E-state index contributed by atoms with van der Waals surface area (Å²) in [4.78, 5) is 11.5. The van der Waals surface area contributed by atoms with Crippen molar-refractivity contribution in [1.82, 2.24) is 0 Å². The number of aliphatic hydroxyl groups excluding tert-OH is 1. The molecule has 0 amide bonds. The maximum Gasteiger partial charge on any atom is 0.302 e. The summed E-state index contributed by atoms with van der Waals surface area (Å²) in [5, 5.41) is 10.0. The van der Waals surface area contributed by atoms with Gasteiger partial charge in [0.25, 0.3) is 0 Å². The Hall–Kier alpha value is -0.830. The van der Waals surface area contributed by atoms with E-state index in [0.717, 1.165) is 37.5 Å². The molecule has 0 aromatic carbocycles. The minimum Gasteiger partial charge on any atom is -0.462 e. The summed E-state index contributed by atoms with van der Waals surface area (Å²) in [5.41, 5.74) is 2.00. The fourth-order valence-electron chi connectivity index (χ4n) is 7.06. The molecule has 0 aliphatic heterocycles. The van der Waals surface area contributed by atoms with Crippen LogP contribution in [-0.2, 0) is 9.53 Å². The first-order valence-corrected chi connectivity index (χ1v) is 9.91. The van der Waals surface area contributed by atoms with Gasteiger partial charge in [0.05, 0.1) is 6.10 Å². The zero-order chi connectivity index (χ0) is 17.1. The summed E-state index contributed by atoms with van der Waals surface area (Å²) in [7, 11) is 0. The standard InChI is InChI=1S/C21H32O3/c1-13(22)24-19-7-6-17-16-5-4-14-12-15(23)8-10-20(14,2)18(16)9-11-21(17,19)3/h12,15-19,23H,4-11H2,1-3H3/t15-,16-,17-,18-,19-,20-,21-/m0/s1. The molecule has 0 aromatic rings. The molecule has 7 atom stereocenters. The van der Waals surface area contributed by atoms with Crippen molar-refractivity contribution in [3.8, 4) is 0 Å². The van der Waals surface area contributed by atoms with Crippen molar-refractivity contribution in [2.24, 2.45) is 28.6 Å². The highest BCUT2D eigenvalue weighted by Crippen LogP contribution is 2.65. The molecule has 0 unspecified atom stereocenters. The smallest absolute Gasteiger partial charge is 0.302 e. The van der Waals surface area contributed by atoms with Gasteiger partial charge in [-0.1, -0.05) is 25.5 Å². The van der Waals surface area contributed by atoms with E-state index in [1.165, 1.54) is 31.3 Å². The normalized spacial score (nSPS) is 50.3. The number of aliphatic hydroxyl groups is 1. The van der Waals surface area contributed by atoms with Gasteiger partial charge in [0, 0.05) is 12.3 Å². The molecule has 0 spiro atoms. The quantitative estimate of drug-likeness (QED) is 0.577. The highest BCUT2D eigenvalue weighted by atomic mass is 16.5. The van der Waals surface area contributed by atoms with Gasteiger partial charge in [-0.15, -0.1) is 0 Å². The lowest BCUT2D eigenvalue weighted by molar-refractivity contribution is -0.157. The van der Waals surface area contributed by atoms with Crippen LogP contribution in [0.3, 0.4) is 0 Å². The summed E-state index contributed by atoms with van der Waals surface area (Å²) >= 11 is 0. The van der Waals surface area contributed by atoms with Crippen molar-refractivity contribution in [3.05, 3.63) is 11.6 Å². The van der Waals surface area contributed by atoms with Crippen molar-refractivity contribution in [1.29, 1.82) is 0 Å². The van der Waals surface area contributed by atoms with Crippen LogP contribution in [0.15, 0.2) is 11.6 Å². The Morgan fingerprint density at radius 1 is 1.12 bits per heavy atom. The maximum absolute atomic E-state index is 11.5. The molecule has 134 valence electrons. The highest BCUT2D eigenvalue weighted by Gasteiger charge is 2.59. The Morgan fingerprint density at radius 3 is 2.67 bits per heavy atom. The van der Waals surface area contributed by atoms with Crippen LogP contribution < -0.4 is 0 Å². The SMILES string of the molecule is CC(=O)O[C@H]1CC[C@H]2[C@@H]3CCC4=C[C@@H](O)CC[C@]4(C)[C@H]3CC[C@]12C. The molecule has 4 aliphatic rings. The van der Waals surface area contributed by atoms with Gasteiger partial charge in [-0.05, 0) is 74.5 Å². The Bertz CT molecular complexity index is 567. The van der Waals surface area contributed by atoms with Crippen LogP contribution in [-0.4, -0.2) is 23.3 Å². The van der Waals surface area contributed by atoms with Gasteiger partial charge < -0.3 is 9.84 Å². The fourth-order valence-corrected chi connectivity index (χ4v) is 7.06. The van der Waals surface area contributed by atoms with E-state index in [9.17, 15) is 9.90 Å². The molecular formula is C21H32O3. The molecule has 24 heavy (non-hydrogen) atoms. The first kappa shape index (κ1) is 16.6. The molecule has 3 heteroatoms. The summed E-state index contributed by atoms with van der Waals surface area (Å²) in [6.45, 7) is 6.39. The average molecular weight is 332 g/mol. The third-order valence-corrected chi connectivity index (χ3v) is 8.31. The summed E-state index contributed by atoms with van der Waals surface area (Å²) < 4.78 is 5.73. The van der Waals surface area contributed by atoms with Gasteiger partial charge in [0.1, 0.15) is 6.10 Å². The number of ether oxygens (including phenoxy) is 1.